The molecule has 28 heavy (non-hydrogen) atoms. The zero-order valence-electron chi connectivity index (χ0n) is 16.9. The van der Waals surface area contributed by atoms with Crippen molar-refractivity contribution < 1.29 is 14.3 Å². The molecule has 1 saturated heterocycles. The molecule has 2 aromatic rings. The van der Waals surface area contributed by atoms with E-state index in [1.807, 2.05) is 54.5 Å². The zero-order valence-corrected chi connectivity index (χ0v) is 16.9. The predicted octanol–water partition coefficient (Wildman–Crippen LogP) is 2.57. The summed E-state index contributed by atoms with van der Waals surface area (Å²) in [5.74, 6) is 1.04. The van der Waals surface area contributed by atoms with Crippen molar-refractivity contribution in [2.45, 2.75) is 64.5 Å². The van der Waals surface area contributed by atoms with Gasteiger partial charge < -0.3 is 15.0 Å². The van der Waals surface area contributed by atoms with Crippen molar-refractivity contribution in [2.24, 2.45) is 0 Å². The lowest BCUT2D eigenvalue weighted by atomic mass is 10.0. The molecule has 1 aliphatic rings. The molecule has 3 rings (SSSR count). The topological polar surface area (TPSA) is 88.8 Å². The SMILES string of the molecule is CC(C)(C)OC(=O)NC1CCN(C(=O)CCCc2nnc3ccccn23)CC1. The van der Waals surface area contributed by atoms with Gasteiger partial charge in [0.05, 0.1) is 0 Å². The van der Waals surface area contributed by atoms with Crippen LogP contribution in [-0.2, 0) is 16.0 Å². The number of ether oxygens (including phenoxy) is 1. The molecule has 0 bridgehead atoms. The molecule has 0 radical (unpaired) electrons. The number of pyridine rings is 1. The van der Waals surface area contributed by atoms with E-state index in [2.05, 4.69) is 15.5 Å². The maximum atomic E-state index is 12.5. The van der Waals surface area contributed by atoms with Crippen LogP contribution in [-0.4, -0.2) is 56.2 Å². The Kier molecular flexibility index (Phi) is 6.16. The maximum absolute atomic E-state index is 12.5. The van der Waals surface area contributed by atoms with Crippen LogP contribution in [0.15, 0.2) is 24.4 Å². The Morgan fingerprint density at radius 1 is 1.21 bits per heavy atom. The summed E-state index contributed by atoms with van der Waals surface area (Å²) in [6, 6.07) is 5.84. The molecule has 2 aromatic heterocycles. The Morgan fingerprint density at radius 3 is 2.68 bits per heavy atom. The van der Waals surface area contributed by atoms with Crippen LogP contribution in [0.5, 0.6) is 0 Å². The van der Waals surface area contributed by atoms with Crippen LogP contribution in [0.2, 0.25) is 0 Å². The molecule has 152 valence electrons. The van der Waals surface area contributed by atoms with Crippen molar-refractivity contribution in [1.29, 1.82) is 0 Å². The Bertz CT molecular complexity index is 819. The van der Waals surface area contributed by atoms with Crippen molar-refractivity contribution in [3.8, 4) is 0 Å². The van der Waals surface area contributed by atoms with Gasteiger partial charge in [-0.1, -0.05) is 6.07 Å². The average molecular weight is 387 g/mol. The smallest absolute Gasteiger partial charge is 0.407 e. The fourth-order valence-electron chi connectivity index (χ4n) is 3.36. The summed E-state index contributed by atoms with van der Waals surface area (Å²) in [7, 11) is 0. The minimum atomic E-state index is -0.504. The summed E-state index contributed by atoms with van der Waals surface area (Å²) in [6.45, 7) is 6.85. The molecule has 0 aromatic carbocycles. The average Bonchev–Trinajstić information content (AvgIpc) is 3.04. The second-order valence-corrected chi connectivity index (χ2v) is 8.20. The third-order valence-corrected chi connectivity index (χ3v) is 4.74. The first-order valence-electron chi connectivity index (χ1n) is 9.88. The number of nitrogens with zero attached hydrogens (tertiary/aromatic N) is 4. The third-order valence-electron chi connectivity index (χ3n) is 4.74. The molecule has 0 saturated carbocycles. The lowest BCUT2D eigenvalue weighted by Crippen LogP contribution is -2.47. The highest BCUT2D eigenvalue weighted by atomic mass is 16.6. The van der Waals surface area contributed by atoms with Gasteiger partial charge in [-0.3, -0.25) is 9.20 Å². The van der Waals surface area contributed by atoms with Crippen molar-refractivity contribution >= 4 is 17.6 Å². The quantitative estimate of drug-likeness (QED) is 0.852. The van der Waals surface area contributed by atoms with Crippen LogP contribution in [0.4, 0.5) is 4.79 Å². The number of fused-ring (bicyclic) bond motifs is 1. The van der Waals surface area contributed by atoms with Gasteiger partial charge in [0.1, 0.15) is 11.4 Å². The fraction of sp³-hybridized carbons (Fsp3) is 0.600. The lowest BCUT2D eigenvalue weighted by molar-refractivity contribution is -0.132. The van der Waals surface area contributed by atoms with Gasteiger partial charge in [0.2, 0.25) is 5.91 Å². The van der Waals surface area contributed by atoms with Crippen LogP contribution < -0.4 is 5.32 Å². The Morgan fingerprint density at radius 2 is 1.96 bits per heavy atom. The molecule has 0 spiro atoms. The van der Waals surface area contributed by atoms with Gasteiger partial charge in [-0.25, -0.2) is 4.79 Å². The number of hydrogen-bond donors (Lipinski definition) is 1. The Hall–Kier alpha value is -2.64. The van der Waals surface area contributed by atoms with Gasteiger partial charge in [0, 0.05) is 38.2 Å². The highest BCUT2D eigenvalue weighted by Crippen LogP contribution is 2.15. The van der Waals surface area contributed by atoms with E-state index in [0.717, 1.165) is 30.7 Å². The summed E-state index contributed by atoms with van der Waals surface area (Å²) in [6.07, 6.45) is 5.00. The Labute approximate surface area is 165 Å². The number of carbonyl (C=O) groups excluding carboxylic acids is 2. The van der Waals surface area contributed by atoms with Gasteiger partial charge in [0.25, 0.3) is 0 Å². The molecule has 3 heterocycles. The number of rotatable bonds is 5. The zero-order chi connectivity index (χ0) is 20.1. The lowest BCUT2D eigenvalue weighted by Gasteiger charge is -2.33. The predicted molar refractivity (Wildman–Crippen MR) is 105 cm³/mol. The fourth-order valence-corrected chi connectivity index (χ4v) is 3.36. The monoisotopic (exact) mass is 387 g/mol. The van der Waals surface area contributed by atoms with Gasteiger partial charge >= 0.3 is 6.09 Å². The molecule has 1 N–H and O–H groups in total. The van der Waals surface area contributed by atoms with Crippen LogP contribution in [0.3, 0.4) is 0 Å². The van der Waals surface area contributed by atoms with E-state index < -0.39 is 11.7 Å². The highest BCUT2D eigenvalue weighted by molar-refractivity contribution is 5.76. The van der Waals surface area contributed by atoms with E-state index in [1.165, 1.54) is 0 Å². The van der Waals surface area contributed by atoms with Gasteiger partial charge in [0.15, 0.2) is 5.65 Å². The van der Waals surface area contributed by atoms with E-state index >= 15 is 0 Å². The molecule has 0 aliphatic carbocycles. The number of carbonyl (C=O) groups is 2. The number of likely N-dealkylation sites (tertiary alicyclic amines) is 1. The molecular formula is C20H29N5O3. The third kappa shape index (κ3) is 5.43. The van der Waals surface area contributed by atoms with Crippen molar-refractivity contribution in [2.75, 3.05) is 13.1 Å². The van der Waals surface area contributed by atoms with Crippen molar-refractivity contribution in [1.82, 2.24) is 24.8 Å². The minimum absolute atomic E-state index is 0.0567. The first-order chi connectivity index (χ1) is 13.3. The van der Waals surface area contributed by atoms with Gasteiger partial charge in [-0.15, -0.1) is 10.2 Å². The highest BCUT2D eigenvalue weighted by Gasteiger charge is 2.25. The summed E-state index contributed by atoms with van der Waals surface area (Å²) in [5, 5.41) is 11.2. The molecule has 0 atom stereocenters. The Balaban J connectivity index is 1.39. The molecule has 2 amide bonds. The van der Waals surface area contributed by atoms with Crippen molar-refractivity contribution in [3.05, 3.63) is 30.2 Å². The number of piperidine rings is 1. The minimum Gasteiger partial charge on any atom is -0.444 e. The van der Waals surface area contributed by atoms with Crippen LogP contribution in [0.1, 0.15) is 52.3 Å². The molecule has 8 nitrogen and oxygen atoms in total. The molecule has 1 aliphatic heterocycles. The van der Waals surface area contributed by atoms with E-state index in [0.29, 0.717) is 25.9 Å². The van der Waals surface area contributed by atoms with Crippen LogP contribution >= 0.6 is 0 Å². The van der Waals surface area contributed by atoms with Crippen LogP contribution in [0, 0.1) is 0 Å². The maximum Gasteiger partial charge on any atom is 0.407 e. The molecule has 1 fully saturated rings. The summed E-state index contributed by atoms with van der Waals surface area (Å²) in [4.78, 5) is 26.2. The number of nitrogens with one attached hydrogen (secondary N) is 1. The second-order valence-electron chi connectivity index (χ2n) is 8.20. The van der Waals surface area contributed by atoms with E-state index in [-0.39, 0.29) is 11.9 Å². The summed E-state index contributed by atoms with van der Waals surface area (Å²) >= 11 is 0. The molecular weight excluding hydrogens is 358 g/mol. The second kappa shape index (κ2) is 8.58. The van der Waals surface area contributed by atoms with Gasteiger partial charge in [-0.2, -0.15) is 0 Å². The standard InChI is InChI=1S/C20H29N5O3/c1-20(2,3)28-19(27)21-15-10-13-24(14-11-15)18(26)9-6-8-17-23-22-16-7-4-5-12-25(16)17/h4-5,7,12,15H,6,8-11,13-14H2,1-3H3,(H,21,27). The largest absolute Gasteiger partial charge is 0.444 e. The number of aryl methyl sites for hydroxylation is 1. The van der Waals surface area contributed by atoms with E-state index in [1.54, 1.807) is 0 Å². The number of amides is 2. The first kappa shape index (κ1) is 20.1. The molecule has 0 unspecified atom stereocenters. The van der Waals surface area contributed by atoms with E-state index in [9.17, 15) is 9.59 Å². The van der Waals surface area contributed by atoms with Crippen molar-refractivity contribution in [3.63, 3.8) is 0 Å². The number of aromatic nitrogens is 3. The van der Waals surface area contributed by atoms with Gasteiger partial charge in [-0.05, 0) is 52.2 Å². The normalized spacial score (nSPS) is 15.6. The number of alkyl carbamates (subject to hydrolysis) is 1. The summed E-state index contributed by atoms with van der Waals surface area (Å²) < 4.78 is 7.25. The molecule has 8 heteroatoms. The summed E-state index contributed by atoms with van der Waals surface area (Å²) in [5.41, 5.74) is 0.319. The van der Waals surface area contributed by atoms with Crippen LogP contribution in [0.25, 0.3) is 5.65 Å². The van der Waals surface area contributed by atoms with E-state index in [4.69, 9.17) is 4.74 Å². The first-order valence-corrected chi connectivity index (χ1v) is 9.88. The number of hydrogen-bond acceptors (Lipinski definition) is 5.